The van der Waals surface area contributed by atoms with E-state index in [1.807, 2.05) is 0 Å². The molecule has 7 aromatic carbocycles. The van der Waals surface area contributed by atoms with Gasteiger partial charge in [-0.05, 0) is 69.9 Å². The number of aryl methyl sites for hydroxylation is 1. The van der Waals surface area contributed by atoms with E-state index in [1.54, 1.807) is 0 Å². The number of benzene rings is 7. The molecule has 0 saturated carbocycles. The Bertz CT molecular complexity index is 2220. The van der Waals surface area contributed by atoms with Crippen LogP contribution in [0.25, 0.3) is 54.8 Å². The van der Waals surface area contributed by atoms with Gasteiger partial charge in [0.15, 0.2) is 0 Å². The Labute approximate surface area is 251 Å². The molecule has 1 heterocycles. The van der Waals surface area contributed by atoms with Crippen LogP contribution in [-0.4, -0.2) is 4.57 Å². The molecule has 0 fully saturated rings. The largest absolute Gasteiger partial charge is 0.343 e. The Morgan fingerprint density at radius 3 is 1.79 bits per heavy atom. The van der Waals surface area contributed by atoms with Crippen LogP contribution >= 0.6 is 0 Å². The van der Waals surface area contributed by atoms with Crippen molar-refractivity contribution in [1.29, 1.82) is 0 Å². The van der Waals surface area contributed by atoms with E-state index in [-0.39, 0.29) is 0 Å². The molecule has 0 saturated heterocycles. The molecule has 0 aliphatic heterocycles. The van der Waals surface area contributed by atoms with Crippen LogP contribution in [0.5, 0.6) is 0 Å². The van der Waals surface area contributed by atoms with Crippen LogP contribution in [0.3, 0.4) is 0 Å². The van der Waals surface area contributed by atoms with Gasteiger partial charge in [-0.3, -0.25) is 0 Å². The summed E-state index contributed by atoms with van der Waals surface area (Å²) in [6, 6.07) is 59.0. The van der Waals surface area contributed by atoms with Crippen LogP contribution in [0.2, 0.25) is 0 Å². The van der Waals surface area contributed by atoms with E-state index in [0.717, 1.165) is 17.1 Å². The molecular formula is C41H30N2. The molecule has 0 atom stereocenters. The van der Waals surface area contributed by atoms with E-state index in [2.05, 4.69) is 180 Å². The lowest BCUT2D eigenvalue weighted by molar-refractivity contribution is 1.02. The van der Waals surface area contributed by atoms with Gasteiger partial charge >= 0.3 is 0 Å². The Hall–Kier alpha value is -5.60. The molecule has 0 unspecified atom stereocenters. The zero-order chi connectivity index (χ0) is 28.8. The smallest absolute Gasteiger partial charge is 0.0568 e. The molecule has 43 heavy (non-hydrogen) atoms. The average molecular weight is 551 g/mol. The van der Waals surface area contributed by atoms with Crippen LogP contribution in [0.4, 0.5) is 17.1 Å². The van der Waals surface area contributed by atoms with E-state index < -0.39 is 0 Å². The van der Waals surface area contributed by atoms with Gasteiger partial charge in [0.05, 0.1) is 5.52 Å². The molecule has 0 N–H and O–H groups in total. The minimum absolute atomic E-state index is 1.13. The number of fused-ring (bicyclic) bond motifs is 4. The summed E-state index contributed by atoms with van der Waals surface area (Å²) in [5.41, 5.74) is 10.8. The van der Waals surface area contributed by atoms with E-state index in [4.69, 9.17) is 0 Å². The second-order valence-corrected chi connectivity index (χ2v) is 11.1. The number of aromatic nitrogens is 1. The Balaban J connectivity index is 1.14. The van der Waals surface area contributed by atoms with E-state index in [9.17, 15) is 0 Å². The first-order chi connectivity index (χ1) is 21.2. The summed E-state index contributed by atoms with van der Waals surface area (Å²) in [5.74, 6) is 0. The minimum atomic E-state index is 1.13. The Morgan fingerprint density at radius 2 is 1.00 bits per heavy atom. The topological polar surface area (TPSA) is 8.17 Å². The van der Waals surface area contributed by atoms with Crippen molar-refractivity contribution in [3.63, 3.8) is 0 Å². The van der Waals surface area contributed by atoms with Gasteiger partial charge in [-0.1, -0.05) is 121 Å². The zero-order valence-electron chi connectivity index (χ0n) is 24.0. The fraction of sp³-hybridized carbons (Fsp3) is 0.0244. The molecule has 0 bridgehead atoms. The van der Waals surface area contributed by atoms with Crippen molar-refractivity contribution in [3.05, 3.63) is 164 Å². The van der Waals surface area contributed by atoms with Gasteiger partial charge in [-0.15, -0.1) is 0 Å². The molecule has 0 aliphatic carbocycles. The number of hydrogen-bond acceptors (Lipinski definition) is 1. The number of anilines is 3. The number of nitrogens with zero attached hydrogens (tertiary/aromatic N) is 2. The lowest BCUT2D eigenvalue weighted by atomic mass is 9.98. The second-order valence-electron chi connectivity index (χ2n) is 11.1. The van der Waals surface area contributed by atoms with Crippen molar-refractivity contribution in [3.8, 4) is 22.3 Å². The van der Waals surface area contributed by atoms with Gasteiger partial charge < -0.3 is 9.47 Å². The highest BCUT2D eigenvalue weighted by Gasteiger charge is 2.15. The van der Waals surface area contributed by atoms with Gasteiger partial charge in [0.1, 0.15) is 0 Å². The molecule has 0 radical (unpaired) electrons. The SMILES string of the molecule is Cn1c2ccccc2c2cccc(-c3ccc(-c4ccc(N(c5ccccc5)c5ccc6ccccc6c5)cc4)cc3)c21. The van der Waals surface area contributed by atoms with Crippen molar-refractivity contribution in [1.82, 2.24) is 4.57 Å². The quantitative estimate of drug-likeness (QED) is 0.207. The lowest BCUT2D eigenvalue weighted by Gasteiger charge is -2.26. The van der Waals surface area contributed by atoms with Gasteiger partial charge in [0.2, 0.25) is 0 Å². The fourth-order valence-corrected chi connectivity index (χ4v) is 6.45. The summed E-state index contributed by atoms with van der Waals surface area (Å²) < 4.78 is 2.32. The maximum Gasteiger partial charge on any atom is 0.0568 e. The summed E-state index contributed by atoms with van der Waals surface area (Å²) in [6.45, 7) is 0. The van der Waals surface area contributed by atoms with E-state index >= 15 is 0 Å². The van der Waals surface area contributed by atoms with Crippen molar-refractivity contribution >= 4 is 49.6 Å². The van der Waals surface area contributed by atoms with E-state index in [0.29, 0.717) is 0 Å². The summed E-state index contributed by atoms with van der Waals surface area (Å²) in [7, 11) is 2.17. The normalized spacial score (nSPS) is 11.4. The monoisotopic (exact) mass is 550 g/mol. The highest BCUT2D eigenvalue weighted by atomic mass is 15.1. The minimum Gasteiger partial charge on any atom is -0.343 e. The van der Waals surface area contributed by atoms with Crippen molar-refractivity contribution in [2.75, 3.05) is 4.90 Å². The van der Waals surface area contributed by atoms with Gasteiger partial charge in [-0.2, -0.15) is 0 Å². The highest BCUT2D eigenvalue weighted by molar-refractivity contribution is 6.12. The zero-order valence-corrected chi connectivity index (χ0v) is 24.0. The van der Waals surface area contributed by atoms with Crippen molar-refractivity contribution < 1.29 is 0 Å². The van der Waals surface area contributed by atoms with Crippen LogP contribution < -0.4 is 4.90 Å². The molecule has 0 amide bonds. The molecule has 2 nitrogen and oxygen atoms in total. The first-order valence-electron chi connectivity index (χ1n) is 14.8. The fourth-order valence-electron chi connectivity index (χ4n) is 6.45. The van der Waals surface area contributed by atoms with Gasteiger partial charge in [0, 0.05) is 46.0 Å². The molecule has 1 aromatic heterocycles. The number of rotatable bonds is 5. The third kappa shape index (κ3) is 4.36. The van der Waals surface area contributed by atoms with Crippen molar-refractivity contribution in [2.45, 2.75) is 0 Å². The average Bonchev–Trinajstić information content (AvgIpc) is 3.37. The number of hydrogen-bond donors (Lipinski definition) is 0. The van der Waals surface area contributed by atoms with Crippen LogP contribution in [-0.2, 0) is 7.05 Å². The molecule has 8 rings (SSSR count). The Morgan fingerprint density at radius 1 is 0.419 bits per heavy atom. The summed E-state index contributed by atoms with van der Waals surface area (Å²) in [5, 5.41) is 5.07. The lowest BCUT2D eigenvalue weighted by Crippen LogP contribution is -2.09. The van der Waals surface area contributed by atoms with Gasteiger partial charge in [0.25, 0.3) is 0 Å². The Kier molecular flexibility index (Phi) is 6.05. The first-order valence-corrected chi connectivity index (χ1v) is 14.8. The number of para-hydroxylation sites is 3. The predicted molar refractivity (Wildman–Crippen MR) is 183 cm³/mol. The summed E-state index contributed by atoms with van der Waals surface area (Å²) >= 11 is 0. The highest BCUT2D eigenvalue weighted by Crippen LogP contribution is 2.38. The standard InChI is InChI=1S/C41H30N2/c1-42-40-17-8-7-14-38(40)39-16-9-15-37(41(39)42)32-20-18-30(19-21-32)31-22-25-35(26-23-31)43(34-12-3-2-4-13-34)36-27-24-29-10-5-6-11-33(29)28-36/h2-28H,1H3. The summed E-state index contributed by atoms with van der Waals surface area (Å²) in [4.78, 5) is 2.32. The molecule has 8 aromatic rings. The molecule has 0 aliphatic rings. The molecule has 204 valence electrons. The van der Waals surface area contributed by atoms with Crippen molar-refractivity contribution in [2.24, 2.45) is 7.05 Å². The summed E-state index contributed by atoms with van der Waals surface area (Å²) in [6.07, 6.45) is 0. The van der Waals surface area contributed by atoms with Crippen LogP contribution in [0.15, 0.2) is 164 Å². The van der Waals surface area contributed by atoms with E-state index in [1.165, 1.54) is 54.8 Å². The molecular weight excluding hydrogens is 520 g/mol. The maximum atomic E-state index is 2.32. The van der Waals surface area contributed by atoms with Gasteiger partial charge in [-0.25, -0.2) is 0 Å². The third-order valence-electron chi connectivity index (χ3n) is 8.59. The first kappa shape index (κ1) is 25.1. The van der Waals surface area contributed by atoms with Crippen LogP contribution in [0, 0.1) is 0 Å². The second kappa shape index (κ2) is 10.3. The third-order valence-corrected chi connectivity index (χ3v) is 8.59. The predicted octanol–water partition coefficient (Wildman–Crippen LogP) is 11.3. The van der Waals surface area contributed by atoms with Crippen LogP contribution in [0.1, 0.15) is 0 Å². The molecule has 2 heteroatoms. The molecule has 0 spiro atoms. The maximum absolute atomic E-state index is 2.32.